The number of benzene rings is 1. The van der Waals surface area contributed by atoms with E-state index in [9.17, 15) is 9.90 Å². The standard InChI is InChI=1S/C15H15ClO3/c16-11-4-5-12-10(8-11)9-13(19-12)14(17)15(18)6-2-1-3-7-15/h4-5,8-9,18H,1-3,6-7H2. The first kappa shape index (κ1) is 12.7. The number of rotatable bonds is 2. The van der Waals surface area contributed by atoms with Crippen LogP contribution in [0.4, 0.5) is 0 Å². The lowest BCUT2D eigenvalue weighted by Crippen LogP contribution is -2.40. The quantitative estimate of drug-likeness (QED) is 0.846. The summed E-state index contributed by atoms with van der Waals surface area (Å²) in [5.74, 6) is -0.0822. The van der Waals surface area contributed by atoms with Crippen molar-refractivity contribution >= 4 is 28.4 Å². The molecule has 1 aliphatic carbocycles. The van der Waals surface area contributed by atoms with Gasteiger partial charge in [0.15, 0.2) is 5.76 Å². The molecule has 1 aromatic heterocycles. The molecule has 1 saturated carbocycles. The third-order valence-electron chi connectivity index (χ3n) is 3.81. The first-order valence-electron chi connectivity index (χ1n) is 6.55. The summed E-state index contributed by atoms with van der Waals surface area (Å²) in [6.07, 6.45) is 3.88. The van der Waals surface area contributed by atoms with Gasteiger partial charge in [0.05, 0.1) is 0 Å². The Hall–Kier alpha value is -1.32. The van der Waals surface area contributed by atoms with Gasteiger partial charge < -0.3 is 9.52 Å². The van der Waals surface area contributed by atoms with Crippen LogP contribution in [0.1, 0.15) is 42.7 Å². The Balaban J connectivity index is 1.97. The van der Waals surface area contributed by atoms with Crippen molar-refractivity contribution in [3.05, 3.63) is 35.0 Å². The van der Waals surface area contributed by atoms with E-state index in [0.717, 1.165) is 24.6 Å². The number of carbonyl (C=O) groups excluding carboxylic acids is 1. The van der Waals surface area contributed by atoms with Gasteiger partial charge in [0.1, 0.15) is 11.2 Å². The number of halogens is 1. The third-order valence-corrected chi connectivity index (χ3v) is 4.04. The van der Waals surface area contributed by atoms with E-state index >= 15 is 0 Å². The van der Waals surface area contributed by atoms with Crippen molar-refractivity contribution in [2.24, 2.45) is 0 Å². The lowest BCUT2D eigenvalue weighted by atomic mass is 9.81. The largest absolute Gasteiger partial charge is 0.453 e. The summed E-state index contributed by atoms with van der Waals surface area (Å²) in [7, 11) is 0. The fourth-order valence-electron chi connectivity index (χ4n) is 2.72. The van der Waals surface area contributed by atoms with Crippen LogP contribution < -0.4 is 0 Å². The Morgan fingerprint density at radius 3 is 2.68 bits per heavy atom. The Labute approximate surface area is 116 Å². The smallest absolute Gasteiger partial charge is 0.229 e. The van der Waals surface area contributed by atoms with Crippen molar-refractivity contribution in [1.29, 1.82) is 0 Å². The summed E-state index contributed by atoms with van der Waals surface area (Å²) in [6, 6.07) is 6.87. The van der Waals surface area contributed by atoms with Crippen LogP contribution in [0.15, 0.2) is 28.7 Å². The minimum absolute atomic E-state index is 0.224. The molecule has 0 unspecified atom stereocenters. The maximum atomic E-state index is 12.4. The molecule has 19 heavy (non-hydrogen) atoms. The minimum atomic E-state index is -1.25. The molecule has 2 aromatic rings. The Bertz CT molecular complexity index is 623. The highest BCUT2D eigenvalue weighted by Gasteiger charge is 2.39. The number of ketones is 1. The van der Waals surface area contributed by atoms with Gasteiger partial charge in [0.2, 0.25) is 5.78 Å². The topological polar surface area (TPSA) is 50.4 Å². The molecule has 0 saturated heterocycles. The second-order valence-electron chi connectivity index (χ2n) is 5.21. The molecule has 4 heteroatoms. The Morgan fingerprint density at radius 2 is 1.95 bits per heavy atom. The van der Waals surface area contributed by atoms with Crippen LogP contribution in [-0.4, -0.2) is 16.5 Å². The van der Waals surface area contributed by atoms with Crippen LogP contribution in [0.3, 0.4) is 0 Å². The van der Waals surface area contributed by atoms with E-state index < -0.39 is 5.60 Å². The minimum Gasteiger partial charge on any atom is -0.453 e. The maximum absolute atomic E-state index is 12.4. The van der Waals surface area contributed by atoms with E-state index in [1.807, 2.05) is 0 Å². The number of carbonyl (C=O) groups is 1. The molecule has 0 spiro atoms. The van der Waals surface area contributed by atoms with E-state index in [2.05, 4.69) is 0 Å². The zero-order chi connectivity index (χ0) is 13.5. The van der Waals surface area contributed by atoms with Crippen LogP contribution in [0.25, 0.3) is 11.0 Å². The van der Waals surface area contributed by atoms with E-state index in [1.54, 1.807) is 24.3 Å². The summed E-state index contributed by atoms with van der Waals surface area (Å²) in [5.41, 5.74) is -0.636. The molecule has 0 amide bonds. The third kappa shape index (κ3) is 2.28. The average Bonchev–Trinajstić information content (AvgIpc) is 2.81. The fraction of sp³-hybridized carbons (Fsp3) is 0.400. The zero-order valence-electron chi connectivity index (χ0n) is 10.5. The molecular formula is C15H15ClO3. The van der Waals surface area contributed by atoms with Gasteiger partial charge in [-0.3, -0.25) is 4.79 Å². The van der Waals surface area contributed by atoms with Crippen molar-refractivity contribution in [3.63, 3.8) is 0 Å². The van der Waals surface area contributed by atoms with Crippen LogP contribution in [0.5, 0.6) is 0 Å². The number of Topliss-reactive ketones (excluding diaryl/α,β-unsaturated/α-hetero) is 1. The molecule has 0 radical (unpaired) electrons. The van der Waals surface area contributed by atoms with E-state index in [-0.39, 0.29) is 11.5 Å². The predicted octanol–water partition coefficient (Wildman–Crippen LogP) is 3.96. The van der Waals surface area contributed by atoms with Gasteiger partial charge in [-0.15, -0.1) is 0 Å². The molecule has 1 aromatic carbocycles. The summed E-state index contributed by atoms with van der Waals surface area (Å²) >= 11 is 5.91. The molecule has 100 valence electrons. The first-order chi connectivity index (χ1) is 9.08. The van der Waals surface area contributed by atoms with Gasteiger partial charge in [-0.2, -0.15) is 0 Å². The zero-order valence-corrected chi connectivity index (χ0v) is 11.2. The SMILES string of the molecule is O=C(c1cc2cc(Cl)ccc2o1)C1(O)CCCCC1. The van der Waals surface area contributed by atoms with Gasteiger partial charge in [0.25, 0.3) is 0 Å². The molecule has 0 aliphatic heterocycles. The second-order valence-corrected chi connectivity index (χ2v) is 5.65. The number of aliphatic hydroxyl groups is 1. The average molecular weight is 279 g/mol. The molecule has 1 aliphatic rings. The molecule has 1 fully saturated rings. The number of hydrogen-bond acceptors (Lipinski definition) is 3. The van der Waals surface area contributed by atoms with E-state index in [4.69, 9.17) is 16.0 Å². The Kier molecular flexibility index (Phi) is 3.11. The number of hydrogen-bond donors (Lipinski definition) is 1. The molecular weight excluding hydrogens is 264 g/mol. The normalized spacial score (nSPS) is 18.6. The molecule has 0 bridgehead atoms. The fourth-order valence-corrected chi connectivity index (χ4v) is 2.90. The van der Waals surface area contributed by atoms with Gasteiger partial charge in [0, 0.05) is 10.4 Å². The molecule has 1 heterocycles. The summed E-state index contributed by atoms with van der Waals surface area (Å²) in [6.45, 7) is 0. The van der Waals surface area contributed by atoms with Crippen LogP contribution in [0.2, 0.25) is 5.02 Å². The highest BCUT2D eigenvalue weighted by atomic mass is 35.5. The van der Waals surface area contributed by atoms with Crippen LogP contribution >= 0.6 is 11.6 Å². The van der Waals surface area contributed by atoms with Gasteiger partial charge in [-0.25, -0.2) is 0 Å². The lowest BCUT2D eigenvalue weighted by Gasteiger charge is -2.29. The molecule has 1 N–H and O–H groups in total. The maximum Gasteiger partial charge on any atom is 0.229 e. The van der Waals surface area contributed by atoms with Crippen LogP contribution in [0, 0.1) is 0 Å². The van der Waals surface area contributed by atoms with E-state index in [1.165, 1.54) is 0 Å². The molecule has 3 nitrogen and oxygen atoms in total. The summed E-state index contributed by atoms with van der Waals surface area (Å²) in [4.78, 5) is 12.4. The second kappa shape index (κ2) is 4.66. The molecule has 3 rings (SSSR count). The van der Waals surface area contributed by atoms with Crippen molar-refractivity contribution < 1.29 is 14.3 Å². The van der Waals surface area contributed by atoms with E-state index in [0.29, 0.717) is 23.4 Å². The van der Waals surface area contributed by atoms with Crippen molar-refractivity contribution in [1.82, 2.24) is 0 Å². The lowest BCUT2D eigenvalue weighted by molar-refractivity contribution is 0.00945. The molecule has 0 atom stereocenters. The van der Waals surface area contributed by atoms with Gasteiger partial charge in [-0.1, -0.05) is 30.9 Å². The highest BCUT2D eigenvalue weighted by Crippen LogP contribution is 2.33. The number of furan rings is 1. The highest BCUT2D eigenvalue weighted by molar-refractivity contribution is 6.31. The van der Waals surface area contributed by atoms with Crippen molar-refractivity contribution in [2.45, 2.75) is 37.7 Å². The van der Waals surface area contributed by atoms with Crippen molar-refractivity contribution in [3.8, 4) is 0 Å². The Morgan fingerprint density at radius 1 is 1.21 bits per heavy atom. The van der Waals surface area contributed by atoms with Crippen LogP contribution in [-0.2, 0) is 0 Å². The van der Waals surface area contributed by atoms with Gasteiger partial charge in [-0.05, 0) is 37.1 Å². The summed E-state index contributed by atoms with van der Waals surface area (Å²) in [5, 5.41) is 11.8. The first-order valence-corrected chi connectivity index (χ1v) is 6.93. The van der Waals surface area contributed by atoms with Crippen molar-refractivity contribution in [2.75, 3.05) is 0 Å². The number of fused-ring (bicyclic) bond motifs is 1. The predicted molar refractivity (Wildman–Crippen MR) is 73.6 cm³/mol. The summed E-state index contributed by atoms with van der Waals surface area (Å²) < 4.78 is 5.54. The van der Waals surface area contributed by atoms with Gasteiger partial charge >= 0.3 is 0 Å². The monoisotopic (exact) mass is 278 g/mol.